The number of H-pyrrole nitrogens is 1. The van der Waals surface area contributed by atoms with Crippen molar-refractivity contribution in [3.8, 4) is 0 Å². The van der Waals surface area contributed by atoms with Gasteiger partial charge in [0.25, 0.3) is 23.6 Å². The number of Topliss-reactive ketones (excluding diaryl/α,β-unsaturated/α-hetero) is 1. The molecule has 508 valence electrons. The fourth-order valence-electron chi connectivity index (χ4n) is 11.2. The Balaban J connectivity index is 0.000000237. The van der Waals surface area contributed by atoms with E-state index in [2.05, 4.69) is 70.9 Å². The van der Waals surface area contributed by atoms with Crippen LogP contribution in [-0.2, 0) is 26.5 Å². The van der Waals surface area contributed by atoms with Crippen molar-refractivity contribution in [1.29, 1.82) is 0 Å². The van der Waals surface area contributed by atoms with Gasteiger partial charge in [0.05, 0.1) is 48.5 Å². The Morgan fingerprint density at radius 1 is 0.510 bits per heavy atom. The average Bonchev–Trinajstić information content (AvgIpc) is 1.60. The highest BCUT2D eigenvalue weighted by molar-refractivity contribution is 6.15. The summed E-state index contributed by atoms with van der Waals surface area (Å²) >= 11 is 0. The maximum Gasteiger partial charge on any atom is 0.319 e. The number of anilines is 5. The lowest BCUT2D eigenvalue weighted by molar-refractivity contribution is -0.115. The topological polar surface area (TPSA) is 304 Å². The first-order valence-electron chi connectivity index (χ1n) is 31.6. The summed E-state index contributed by atoms with van der Waals surface area (Å²) in [4.78, 5) is 124. The first kappa shape index (κ1) is 72.2. The molecule has 3 aliphatic rings. The van der Waals surface area contributed by atoms with E-state index in [9.17, 15) is 43.2 Å². The van der Waals surface area contributed by atoms with E-state index < -0.39 is 17.0 Å². The number of aliphatic imine (C=N–C) groups is 1. The summed E-state index contributed by atoms with van der Waals surface area (Å²) in [7, 11) is 7.87. The third kappa shape index (κ3) is 18.4. The van der Waals surface area contributed by atoms with E-state index in [1.807, 2.05) is 126 Å². The minimum Gasteiger partial charge on any atom is -0.330 e. The van der Waals surface area contributed by atoms with E-state index in [-0.39, 0.29) is 66.0 Å². The number of hydrogen-bond donors (Lipinski definition) is 9. The van der Waals surface area contributed by atoms with Crippen molar-refractivity contribution in [2.24, 2.45) is 4.99 Å². The average molecular weight is 1330 g/mol. The Morgan fingerprint density at radius 3 is 1.36 bits per heavy atom. The summed E-state index contributed by atoms with van der Waals surface area (Å²) in [5, 5.41) is 30.4. The molecule has 0 aliphatic carbocycles. The van der Waals surface area contributed by atoms with E-state index in [0.717, 1.165) is 45.7 Å². The summed E-state index contributed by atoms with van der Waals surface area (Å²) in [5.41, 5.74) is 7.32. The first-order chi connectivity index (χ1) is 46.6. The number of rotatable bonds is 19. The minimum absolute atomic E-state index is 0.167. The van der Waals surface area contributed by atoms with Crippen molar-refractivity contribution in [2.45, 2.75) is 71.2 Å². The number of aromatic amines is 1. The van der Waals surface area contributed by atoms with Gasteiger partial charge in [0.2, 0.25) is 11.8 Å². The largest absolute Gasteiger partial charge is 0.330 e. The number of nitrogens with one attached hydrogen (secondary N) is 9. The zero-order valence-corrected chi connectivity index (χ0v) is 56.6. The van der Waals surface area contributed by atoms with Gasteiger partial charge in [0.15, 0.2) is 5.82 Å². The minimum atomic E-state index is -0.714. The number of likely N-dealkylation sites (N-methyl/N-ethyl adjacent to an activating group) is 2. The molecule has 4 heterocycles. The first-order valence-corrected chi connectivity index (χ1v) is 31.6. The van der Waals surface area contributed by atoms with Crippen LogP contribution in [0.15, 0.2) is 199 Å². The van der Waals surface area contributed by atoms with Gasteiger partial charge in [0.1, 0.15) is 11.6 Å². The molecule has 0 saturated carbocycles. The maximum absolute atomic E-state index is 13.7. The van der Waals surface area contributed by atoms with Gasteiger partial charge in [-0.3, -0.25) is 38.9 Å². The lowest BCUT2D eigenvalue weighted by Gasteiger charge is -2.36. The molecule has 0 bridgehead atoms. The van der Waals surface area contributed by atoms with Crippen molar-refractivity contribution in [3.63, 3.8) is 0 Å². The van der Waals surface area contributed by atoms with Crippen LogP contribution in [0.25, 0.3) is 0 Å². The number of aromatic nitrogens is 2. The monoisotopic (exact) mass is 1330 g/mol. The van der Waals surface area contributed by atoms with Crippen molar-refractivity contribution in [3.05, 3.63) is 239 Å². The number of amides is 10. The molecule has 0 spiro atoms. The summed E-state index contributed by atoms with van der Waals surface area (Å²) in [5.74, 6) is -1.31. The van der Waals surface area contributed by atoms with E-state index in [1.165, 1.54) is 13.8 Å². The Morgan fingerprint density at radius 2 is 0.929 bits per heavy atom. The number of urea groups is 2. The molecule has 7 aromatic rings. The van der Waals surface area contributed by atoms with Crippen LogP contribution in [0.4, 0.5) is 38.2 Å². The van der Waals surface area contributed by atoms with Gasteiger partial charge in [-0.2, -0.15) is 5.10 Å². The second-order valence-electron chi connectivity index (χ2n) is 25.1. The van der Waals surface area contributed by atoms with E-state index in [4.69, 9.17) is 0 Å². The predicted molar refractivity (Wildman–Crippen MR) is 381 cm³/mol. The molecule has 2 atom stereocenters. The van der Waals surface area contributed by atoms with Gasteiger partial charge < -0.3 is 66.9 Å². The molecule has 3 aliphatic heterocycles. The van der Waals surface area contributed by atoms with Crippen LogP contribution >= 0.6 is 0 Å². The quantitative estimate of drug-likeness (QED) is 0.0342. The molecular formula is C74H83N15O9. The van der Waals surface area contributed by atoms with E-state index in [0.29, 0.717) is 82.8 Å². The highest BCUT2D eigenvalue weighted by atomic mass is 16.2. The van der Waals surface area contributed by atoms with Crippen LogP contribution < -0.4 is 42.5 Å². The molecule has 0 unspecified atom stereocenters. The van der Waals surface area contributed by atoms with Crippen molar-refractivity contribution in [1.82, 2.24) is 45.7 Å². The predicted octanol–water partition coefficient (Wildman–Crippen LogP) is 10.3. The van der Waals surface area contributed by atoms with Gasteiger partial charge in [-0.05, 0) is 184 Å². The third-order valence-electron chi connectivity index (χ3n) is 16.3. The smallest absolute Gasteiger partial charge is 0.319 e. The molecule has 10 rings (SSSR count). The number of hydrogen-bond acceptors (Lipinski definition) is 13. The molecule has 0 saturated heterocycles. The fraction of sp³-hybridized carbons (Fsp3) is 0.257. The summed E-state index contributed by atoms with van der Waals surface area (Å²) in [6.07, 6.45) is 2.32. The van der Waals surface area contributed by atoms with Crippen LogP contribution in [-0.4, -0.2) is 149 Å². The Labute approximate surface area is 570 Å². The summed E-state index contributed by atoms with van der Waals surface area (Å²) < 4.78 is 0. The molecule has 9 N–H and O–H groups in total. The molecule has 1 aromatic heterocycles. The third-order valence-corrected chi connectivity index (χ3v) is 16.3. The lowest BCUT2D eigenvalue weighted by Crippen LogP contribution is -2.52. The Kier molecular flexibility index (Phi) is 23.7. The van der Waals surface area contributed by atoms with Gasteiger partial charge in [0, 0.05) is 69.2 Å². The van der Waals surface area contributed by atoms with Crippen molar-refractivity contribution in [2.75, 3.05) is 81.0 Å². The standard InChI is InChI=1S/C36H39N7O4.C35H38N8O4.C3H6O/c1-6-31(44)38-26-17-15-24(16-18-26)33(45)39-27-14-10-13-25(19-27)34(46)41-32-28-21-43(36(2,3)29(28)20-37-32)35(47)40-30(22-42(4)5)23-11-8-7-9-12-23;1-6-29(44)36-25-17-15-23(16-18-25)32(45)37-26-14-10-13-24(19-26)33(46)39-31-27-20-43(35(2,3)30(27)40-41-31)34(47)38-28(21-42(4)5)22-11-8-7-9-12-22;1-3(2)4/h6-19,30H,1,20-22H2,2-5H3,(H,38,44)(H,39,45)(H,40,47)(H,37,41,46);6-19,28H,1,20-21H2,2-5H3,(H,36,44)(H,37,45)(H,38,47)(H2,39,40,41,46);1-2H3/t30-;28-;/m11./s1. The number of ketones is 1. The second kappa shape index (κ2) is 32.2. The molecule has 98 heavy (non-hydrogen) atoms. The van der Waals surface area contributed by atoms with Crippen LogP contribution in [0.5, 0.6) is 0 Å². The summed E-state index contributed by atoms with van der Waals surface area (Å²) in [6.45, 7) is 20.0. The van der Waals surface area contributed by atoms with Crippen LogP contribution in [0, 0.1) is 0 Å². The van der Waals surface area contributed by atoms with Crippen LogP contribution in [0.1, 0.15) is 117 Å². The Hall–Kier alpha value is -11.6. The van der Waals surface area contributed by atoms with E-state index in [1.54, 1.807) is 107 Å². The fourth-order valence-corrected chi connectivity index (χ4v) is 11.2. The Bertz CT molecular complexity index is 4190. The van der Waals surface area contributed by atoms with Crippen molar-refractivity contribution < 1.29 is 43.2 Å². The molecule has 24 nitrogen and oxygen atoms in total. The number of benzene rings is 6. The van der Waals surface area contributed by atoms with Gasteiger partial charge in [-0.1, -0.05) is 86.0 Å². The molecule has 0 radical (unpaired) electrons. The summed E-state index contributed by atoms with van der Waals surface area (Å²) in [6, 6.07) is 44.8. The van der Waals surface area contributed by atoms with Gasteiger partial charge >= 0.3 is 12.1 Å². The molecule has 6 aromatic carbocycles. The normalized spacial score (nSPS) is 14.3. The number of fused-ring (bicyclic) bond motifs is 1. The van der Waals surface area contributed by atoms with Crippen LogP contribution in [0.2, 0.25) is 0 Å². The van der Waals surface area contributed by atoms with Crippen LogP contribution in [0.3, 0.4) is 0 Å². The van der Waals surface area contributed by atoms with E-state index >= 15 is 0 Å². The highest BCUT2D eigenvalue weighted by Crippen LogP contribution is 2.41. The number of amidine groups is 1. The SMILES string of the molecule is C=CC(=O)Nc1ccc(C(=O)Nc2cccc(C(=O)NC3=NCC4=C3CN(C(=O)N[C@H](CN(C)C)c3ccccc3)C4(C)C)c2)cc1.C=CC(=O)Nc1ccc(C(=O)Nc2cccc(C(=O)Nc3n[nH]c4c3CN(C(=O)N[C@H](CN(C)C)c3ccccc3)C4(C)C)c2)cc1.CC(C)=O. The lowest BCUT2D eigenvalue weighted by atomic mass is 9.94. The second-order valence-corrected chi connectivity index (χ2v) is 25.1. The molecule has 0 fully saturated rings. The van der Waals surface area contributed by atoms with Gasteiger partial charge in [-0.25, -0.2) is 9.59 Å². The zero-order valence-electron chi connectivity index (χ0n) is 56.6. The number of carbonyl (C=O) groups is 9. The number of carbonyl (C=O) groups excluding carboxylic acids is 9. The van der Waals surface area contributed by atoms with Crippen molar-refractivity contribution >= 4 is 87.7 Å². The zero-order chi connectivity index (χ0) is 71.0. The molecular weight excluding hydrogens is 1240 g/mol. The highest BCUT2D eigenvalue weighted by Gasteiger charge is 2.47. The number of nitrogens with zero attached hydrogens (tertiary/aromatic N) is 6. The van der Waals surface area contributed by atoms with Gasteiger partial charge in [-0.15, -0.1) is 0 Å². The molecule has 10 amide bonds. The maximum atomic E-state index is 13.7. The molecule has 24 heteroatoms.